The number of nitrogens with zero attached hydrogens (tertiary/aromatic N) is 3. The molecule has 0 radical (unpaired) electrons. The van der Waals surface area contributed by atoms with Gasteiger partial charge in [0.2, 0.25) is 18.1 Å². The molecule has 1 aromatic heterocycles. The van der Waals surface area contributed by atoms with Crippen molar-refractivity contribution in [3.63, 3.8) is 0 Å². The number of hydrogen-bond donors (Lipinski definition) is 4. The number of hydrogen-bond acceptors (Lipinski definition) is 9. The van der Waals surface area contributed by atoms with Gasteiger partial charge in [0.05, 0.1) is 17.6 Å². The molecule has 2 aliphatic rings. The second-order valence-electron chi connectivity index (χ2n) is 15.0. The van der Waals surface area contributed by atoms with Gasteiger partial charge in [-0.2, -0.15) is 4.98 Å². The molecule has 4 N–H and O–H groups in total. The van der Waals surface area contributed by atoms with Crippen LogP contribution in [-0.4, -0.2) is 59.4 Å². The smallest absolute Gasteiger partial charge is 0.407 e. The molecule has 13 heteroatoms. The highest BCUT2D eigenvalue weighted by atomic mass is 16.6. The fourth-order valence-electron chi connectivity index (χ4n) is 7.88. The Morgan fingerprint density at radius 3 is 1.91 bits per heavy atom. The van der Waals surface area contributed by atoms with E-state index in [9.17, 15) is 24.0 Å². The molecule has 0 saturated heterocycles. The number of aromatic amines is 1. The zero-order valence-corrected chi connectivity index (χ0v) is 27.2. The third kappa shape index (κ3) is 9.59. The third-order valence-electron chi connectivity index (χ3n) is 8.73. The van der Waals surface area contributed by atoms with E-state index in [1.807, 2.05) is 13.8 Å². The molecule has 242 valence electrons. The van der Waals surface area contributed by atoms with Gasteiger partial charge in [0.1, 0.15) is 6.10 Å². The maximum absolute atomic E-state index is 12.9. The predicted octanol–water partition coefficient (Wildman–Crippen LogP) is 4.83. The second kappa shape index (κ2) is 13.4. The number of anilines is 1. The van der Waals surface area contributed by atoms with Crippen LogP contribution in [0.3, 0.4) is 0 Å². The number of amides is 3. The van der Waals surface area contributed by atoms with Gasteiger partial charge >= 0.3 is 12.1 Å². The fourth-order valence-corrected chi connectivity index (χ4v) is 7.88. The highest BCUT2D eigenvalue weighted by Crippen LogP contribution is 2.47. The van der Waals surface area contributed by atoms with Crippen molar-refractivity contribution in [1.29, 1.82) is 0 Å². The van der Waals surface area contributed by atoms with Gasteiger partial charge in [-0.3, -0.25) is 10.1 Å². The largest absolute Gasteiger partial charge is 0.441 e. The van der Waals surface area contributed by atoms with Crippen molar-refractivity contribution < 1.29 is 23.9 Å². The van der Waals surface area contributed by atoms with Crippen LogP contribution in [0.25, 0.3) is 0 Å². The molecule has 44 heavy (non-hydrogen) atoms. The molecule has 3 amide bonds. The number of rotatable bonds is 9. The molecule has 0 bridgehead atoms. The summed E-state index contributed by atoms with van der Waals surface area (Å²) < 4.78 is 5.51. The van der Waals surface area contributed by atoms with E-state index in [0.29, 0.717) is 31.6 Å². The number of H-pyrrole nitrogens is 1. The van der Waals surface area contributed by atoms with Gasteiger partial charge in [0.15, 0.2) is 0 Å². The lowest BCUT2D eigenvalue weighted by Gasteiger charge is -2.45. The molecule has 1 heterocycles. The average molecular weight is 614 g/mol. The Labute approximate surface area is 258 Å². The predicted molar refractivity (Wildman–Crippen MR) is 165 cm³/mol. The molecule has 0 aromatic carbocycles. The number of aromatic nitrogens is 2. The van der Waals surface area contributed by atoms with Crippen LogP contribution < -0.4 is 21.5 Å². The quantitative estimate of drug-likeness (QED) is 0.227. The maximum Gasteiger partial charge on any atom is 0.407 e. The van der Waals surface area contributed by atoms with Crippen LogP contribution in [0.1, 0.15) is 104 Å². The molecule has 0 spiro atoms. The lowest BCUT2D eigenvalue weighted by molar-refractivity contribution is 0.0707. The Balaban J connectivity index is 1.57. The Morgan fingerprint density at radius 2 is 1.43 bits per heavy atom. The van der Waals surface area contributed by atoms with E-state index in [4.69, 9.17) is 4.74 Å². The van der Waals surface area contributed by atoms with E-state index >= 15 is 0 Å². The first kappa shape index (κ1) is 34.7. The summed E-state index contributed by atoms with van der Waals surface area (Å²) in [6, 6.07) is -0.842. The molecule has 2 saturated carbocycles. The van der Waals surface area contributed by atoms with Crippen molar-refractivity contribution in [2.75, 3.05) is 18.4 Å². The van der Waals surface area contributed by atoms with Gasteiger partial charge in [-0.1, -0.05) is 41.5 Å². The zero-order valence-electron chi connectivity index (χ0n) is 27.2. The van der Waals surface area contributed by atoms with Gasteiger partial charge in [-0.05, 0) is 74.0 Å². The van der Waals surface area contributed by atoms with Crippen LogP contribution in [0.4, 0.5) is 15.5 Å². The molecule has 5 atom stereocenters. The summed E-state index contributed by atoms with van der Waals surface area (Å²) in [4.78, 5) is 74.7. The van der Waals surface area contributed by atoms with E-state index in [-0.39, 0.29) is 45.3 Å². The van der Waals surface area contributed by atoms with Crippen molar-refractivity contribution in [2.45, 2.75) is 112 Å². The Kier molecular flexibility index (Phi) is 10.6. The van der Waals surface area contributed by atoms with Crippen molar-refractivity contribution in [3.05, 3.63) is 21.6 Å². The Morgan fingerprint density at radius 1 is 0.932 bits per heavy atom. The maximum atomic E-state index is 12.9. The van der Waals surface area contributed by atoms with E-state index in [1.54, 1.807) is 26.0 Å². The number of alkyl carbamates (subject to hydrolysis) is 1. The molecule has 1 aromatic rings. The van der Waals surface area contributed by atoms with Crippen LogP contribution in [0.2, 0.25) is 0 Å². The summed E-state index contributed by atoms with van der Waals surface area (Å²) >= 11 is 0. The van der Waals surface area contributed by atoms with Crippen LogP contribution in [0, 0.1) is 28.6 Å². The Bertz CT molecular complexity index is 1390. The molecule has 5 unspecified atom stereocenters. The van der Waals surface area contributed by atoms with E-state index in [2.05, 4.69) is 63.6 Å². The summed E-state index contributed by atoms with van der Waals surface area (Å²) in [5, 5.41) is 8.22. The zero-order chi connectivity index (χ0) is 32.9. The van der Waals surface area contributed by atoms with Crippen LogP contribution in [-0.2, 0) is 14.3 Å². The fraction of sp³-hybridized carbons (Fsp3) is 0.742. The minimum atomic E-state index is -0.909. The van der Waals surface area contributed by atoms with Gasteiger partial charge in [-0.15, -0.1) is 0 Å². The molecular formula is C31H47N7O6. The third-order valence-corrected chi connectivity index (χ3v) is 8.73. The van der Waals surface area contributed by atoms with Gasteiger partial charge in [0.25, 0.3) is 5.56 Å². The number of isocyanates is 2. The van der Waals surface area contributed by atoms with Crippen molar-refractivity contribution in [2.24, 2.45) is 31.6 Å². The molecular weight excluding hydrogens is 566 g/mol. The number of carbonyl (C=O) groups is 2. The highest BCUT2D eigenvalue weighted by Gasteiger charge is 2.42. The van der Waals surface area contributed by atoms with Crippen LogP contribution in [0.15, 0.2) is 14.8 Å². The second-order valence-corrected chi connectivity index (χ2v) is 15.0. The number of urea groups is 1. The number of nitrogens with one attached hydrogen (secondary N) is 4. The van der Waals surface area contributed by atoms with E-state index in [1.165, 1.54) is 0 Å². The van der Waals surface area contributed by atoms with Crippen LogP contribution >= 0.6 is 0 Å². The molecule has 2 fully saturated rings. The minimum Gasteiger partial charge on any atom is -0.441 e. The van der Waals surface area contributed by atoms with E-state index < -0.39 is 23.8 Å². The van der Waals surface area contributed by atoms with Crippen LogP contribution in [0.5, 0.6) is 0 Å². The first-order chi connectivity index (χ1) is 20.4. The minimum absolute atomic E-state index is 0.0386. The van der Waals surface area contributed by atoms with Crippen molar-refractivity contribution in [1.82, 2.24) is 20.6 Å². The summed E-state index contributed by atoms with van der Waals surface area (Å²) in [6.45, 7) is 16.4. The van der Waals surface area contributed by atoms with Gasteiger partial charge < -0.3 is 20.4 Å². The SMILES string of the molecule is Cc1[nH]c(NC(=O)NCC2(C)CC(N=C=O)CC(C)(C)C2)nc(=O)c1C(C)OC(=O)NCC1(C)CC(N=C=O)CC(C)(C)C1. The standard InChI is InChI=1S/C31H47N7O6/c1-19-23(20(2)44-27(43)33-16-31(8)12-22(35-18-40)10-29(5,6)14-31)24(41)37-25(36-19)38-26(42)32-15-30(7)11-21(34-17-39)9-28(3,4)13-30/h20-22H,9-16H2,1-8H3,(H,33,43)(H3,32,36,37,38,41,42). The molecule has 3 rings (SSSR count). The summed E-state index contributed by atoms with van der Waals surface area (Å²) in [5.74, 6) is -0.0386. The van der Waals surface area contributed by atoms with E-state index in [0.717, 1.165) is 25.7 Å². The number of aliphatic imine (C=N–C) groups is 2. The normalized spacial score (nSPS) is 27.9. The first-order valence-corrected chi connectivity index (χ1v) is 15.1. The van der Waals surface area contributed by atoms with Gasteiger partial charge in [0, 0.05) is 18.8 Å². The summed E-state index contributed by atoms with van der Waals surface area (Å²) in [5.41, 5.74) is -0.767. The monoisotopic (exact) mass is 613 g/mol. The summed E-state index contributed by atoms with van der Waals surface area (Å²) in [7, 11) is 0. The number of carbonyl (C=O) groups excluding carboxylic acids is 4. The van der Waals surface area contributed by atoms with Crippen molar-refractivity contribution in [3.8, 4) is 0 Å². The number of aryl methyl sites for hydroxylation is 1. The summed E-state index contributed by atoms with van der Waals surface area (Å²) in [6.07, 6.45) is 6.24. The first-order valence-electron chi connectivity index (χ1n) is 15.1. The molecule has 2 aliphatic carbocycles. The van der Waals surface area contributed by atoms with Crippen molar-refractivity contribution >= 4 is 30.2 Å². The Hall–Kier alpha value is -3.82. The topological polar surface area (TPSA) is 184 Å². The highest BCUT2D eigenvalue weighted by molar-refractivity contribution is 5.87. The molecule has 0 aliphatic heterocycles. The average Bonchev–Trinajstić information content (AvgIpc) is 2.84. The lowest BCUT2D eigenvalue weighted by Crippen LogP contribution is -2.45. The van der Waals surface area contributed by atoms with Gasteiger partial charge in [-0.25, -0.2) is 29.2 Å². The number of ether oxygens (including phenoxy) is 1. The molecule has 13 nitrogen and oxygen atoms in total. The lowest BCUT2D eigenvalue weighted by atomic mass is 9.62.